The highest BCUT2D eigenvalue weighted by molar-refractivity contribution is 6.10. The van der Waals surface area contributed by atoms with Gasteiger partial charge in [0.1, 0.15) is 0 Å². The van der Waals surface area contributed by atoms with Crippen molar-refractivity contribution in [1.82, 2.24) is 9.55 Å². The number of para-hydroxylation sites is 2. The van der Waals surface area contributed by atoms with E-state index in [2.05, 4.69) is 99.4 Å². The summed E-state index contributed by atoms with van der Waals surface area (Å²) in [5, 5.41) is 11.5. The standard InChI is InChI=1S/C36H33N3O2/c40-36(41)15-9-1-2-10-24-38-34-25-28(27-20-22-37-23-21-27)16-18-32(34)33-19-17-31(26-35(33)38)39(29-11-5-3-6-12-29)30-13-7-4-8-14-30/h3-8,11-14,16-23,25-26H,1-2,9-10,15,24H2,(H,40,41). The lowest BCUT2D eigenvalue weighted by Gasteiger charge is -2.25. The van der Waals surface area contributed by atoms with Crippen molar-refractivity contribution in [2.24, 2.45) is 0 Å². The molecule has 0 saturated heterocycles. The lowest BCUT2D eigenvalue weighted by molar-refractivity contribution is -0.137. The fraction of sp³-hybridized carbons (Fsp3) is 0.167. The number of carboxylic acids is 1. The number of carboxylic acid groups (broad SMARTS) is 1. The third-order valence-corrected chi connectivity index (χ3v) is 7.67. The highest BCUT2D eigenvalue weighted by Crippen LogP contribution is 2.39. The Hall–Kier alpha value is -4.90. The molecule has 0 unspecified atom stereocenters. The average molecular weight is 540 g/mol. The molecule has 2 heterocycles. The molecule has 6 rings (SSSR count). The summed E-state index contributed by atoms with van der Waals surface area (Å²) in [6.07, 6.45) is 7.54. The molecule has 0 aliphatic heterocycles. The molecule has 6 aromatic rings. The maximum absolute atomic E-state index is 10.9. The number of rotatable bonds is 11. The van der Waals surface area contributed by atoms with E-state index in [1.165, 1.54) is 27.4 Å². The maximum Gasteiger partial charge on any atom is 0.303 e. The second-order valence-electron chi connectivity index (χ2n) is 10.4. The molecule has 0 bridgehead atoms. The third kappa shape index (κ3) is 5.71. The van der Waals surface area contributed by atoms with E-state index in [-0.39, 0.29) is 6.42 Å². The normalized spacial score (nSPS) is 11.2. The molecule has 0 fully saturated rings. The zero-order valence-electron chi connectivity index (χ0n) is 23.0. The van der Waals surface area contributed by atoms with Crippen LogP contribution in [0.3, 0.4) is 0 Å². The molecule has 0 atom stereocenters. The zero-order chi connectivity index (χ0) is 28.0. The van der Waals surface area contributed by atoms with Gasteiger partial charge in [0, 0.05) is 58.7 Å². The molecule has 0 radical (unpaired) electrons. The van der Waals surface area contributed by atoms with Gasteiger partial charge in [-0.2, -0.15) is 0 Å². The Balaban J connectivity index is 1.45. The van der Waals surface area contributed by atoms with Gasteiger partial charge in [-0.1, -0.05) is 67.4 Å². The van der Waals surface area contributed by atoms with Gasteiger partial charge >= 0.3 is 5.97 Å². The summed E-state index contributed by atoms with van der Waals surface area (Å²) < 4.78 is 2.45. The number of aryl methyl sites for hydroxylation is 1. The minimum Gasteiger partial charge on any atom is -0.481 e. The van der Waals surface area contributed by atoms with Crippen molar-refractivity contribution >= 4 is 44.8 Å². The van der Waals surface area contributed by atoms with Crippen molar-refractivity contribution in [1.29, 1.82) is 0 Å². The summed E-state index contributed by atoms with van der Waals surface area (Å²) in [4.78, 5) is 17.4. The van der Waals surface area contributed by atoms with Gasteiger partial charge in [0.05, 0.1) is 5.52 Å². The van der Waals surface area contributed by atoms with Gasteiger partial charge in [0.2, 0.25) is 0 Å². The molecule has 0 saturated carbocycles. The van der Waals surface area contributed by atoms with Crippen LogP contribution in [0.5, 0.6) is 0 Å². The number of unbranched alkanes of at least 4 members (excludes halogenated alkanes) is 3. The van der Waals surface area contributed by atoms with E-state index in [0.29, 0.717) is 0 Å². The minimum atomic E-state index is -0.718. The molecule has 5 nitrogen and oxygen atoms in total. The van der Waals surface area contributed by atoms with E-state index in [1.807, 2.05) is 36.7 Å². The summed E-state index contributed by atoms with van der Waals surface area (Å²) >= 11 is 0. The Bertz CT molecular complexity index is 1720. The van der Waals surface area contributed by atoms with Crippen LogP contribution in [0, 0.1) is 0 Å². The van der Waals surface area contributed by atoms with Crippen LogP contribution in [0.25, 0.3) is 32.9 Å². The molecule has 5 heteroatoms. The minimum absolute atomic E-state index is 0.239. The van der Waals surface area contributed by atoms with Crippen molar-refractivity contribution in [2.45, 2.75) is 38.6 Å². The van der Waals surface area contributed by atoms with Gasteiger partial charge in [-0.05, 0) is 78.6 Å². The highest BCUT2D eigenvalue weighted by atomic mass is 16.4. The van der Waals surface area contributed by atoms with Crippen molar-refractivity contribution in [2.75, 3.05) is 4.90 Å². The summed E-state index contributed by atoms with van der Waals surface area (Å²) in [5.41, 5.74) is 8.05. The lowest BCUT2D eigenvalue weighted by Crippen LogP contribution is -2.09. The zero-order valence-corrected chi connectivity index (χ0v) is 23.0. The summed E-state index contributed by atoms with van der Waals surface area (Å²) in [6.45, 7) is 0.868. The fourth-order valence-electron chi connectivity index (χ4n) is 5.69. The first kappa shape index (κ1) is 26.3. The molecule has 0 aliphatic carbocycles. The molecule has 2 aromatic heterocycles. The molecule has 0 spiro atoms. The van der Waals surface area contributed by atoms with Crippen molar-refractivity contribution in [3.8, 4) is 11.1 Å². The van der Waals surface area contributed by atoms with Crippen LogP contribution < -0.4 is 4.90 Å². The van der Waals surface area contributed by atoms with Crippen LogP contribution in [-0.4, -0.2) is 20.6 Å². The number of hydrogen-bond donors (Lipinski definition) is 1. The molecular formula is C36H33N3O2. The largest absolute Gasteiger partial charge is 0.481 e. The number of pyridine rings is 1. The van der Waals surface area contributed by atoms with Gasteiger partial charge in [0.15, 0.2) is 0 Å². The van der Waals surface area contributed by atoms with Crippen molar-refractivity contribution in [3.63, 3.8) is 0 Å². The Labute approximate surface area is 240 Å². The monoisotopic (exact) mass is 539 g/mol. The first-order chi connectivity index (χ1) is 20.2. The van der Waals surface area contributed by atoms with Crippen LogP contribution >= 0.6 is 0 Å². The summed E-state index contributed by atoms with van der Waals surface area (Å²) in [5.74, 6) is -0.718. The molecule has 41 heavy (non-hydrogen) atoms. The van der Waals surface area contributed by atoms with Gasteiger partial charge < -0.3 is 14.6 Å². The van der Waals surface area contributed by atoms with Crippen LogP contribution in [-0.2, 0) is 11.3 Å². The lowest BCUT2D eigenvalue weighted by atomic mass is 10.0. The van der Waals surface area contributed by atoms with Crippen LogP contribution in [0.15, 0.2) is 122 Å². The maximum atomic E-state index is 10.9. The molecule has 204 valence electrons. The van der Waals surface area contributed by atoms with E-state index in [1.54, 1.807) is 0 Å². The van der Waals surface area contributed by atoms with Gasteiger partial charge in [0.25, 0.3) is 0 Å². The van der Waals surface area contributed by atoms with Gasteiger partial charge in [-0.15, -0.1) is 0 Å². The molecule has 0 aliphatic rings. The number of hydrogen-bond acceptors (Lipinski definition) is 3. The number of nitrogens with zero attached hydrogens (tertiary/aromatic N) is 3. The number of benzene rings is 4. The molecule has 4 aromatic carbocycles. The SMILES string of the molecule is O=C(O)CCCCCCn1c2cc(-c3ccncc3)ccc2c2ccc(N(c3ccccc3)c3ccccc3)cc21. The second kappa shape index (κ2) is 12.1. The Kier molecular flexibility index (Phi) is 7.76. The summed E-state index contributed by atoms with van der Waals surface area (Å²) in [6, 6.07) is 38.6. The number of aliphatic carboxylic acids is 1. The number of anilines is 3. The van der Waals surface area contributed by atoms with E-state index in [9.17, 15) is 4.79 Å². The quantitative estimate of drug-likeness (QED) is 0.167. The van der Waals surface area contributed by atoms with E-state index >= 15 is 0 Å². The highest BCUT2D eigenvalue weighted by Gasteiger charge is 2.17. The Morgan fingerprint density at radius 3 is 1.90 bits per heavy atom. The van der Waals surface area contributed by atoms with Crippen molar-refractivity contribution in [3.05, 3.63) is 122 Å². The van der Waals surface area contributed by atoms with E-state index in [0.717, 1.165) is 54.9 Å². The second-order valence-corrected chi connectivity index (χ2v) is 10.4. The first-order valence-corrected chi connectivity index (χ1v) is 14.3. The number of aromatic nitrogens is 2. The van der Waals surface area contributed by atoms with E-state index in [4.69, 9.17) is 5.11 Å². The third-order valence-electron chi connectivity index (χ3n) is 7.67. The van der Waals surface area contributed by atoms with E-state index < -0.39 is 5.97 Å². The molecule has 1 N–H and O–H groups in total. The van der Waals surface area contributed by atoms with Crippen LogP contribution in [0.4, 0.5) is 17.1 Å². The van der Waals surface area contributed by atoms with Crippen LogP contribution in [0.2, 0.25) is 0 Å². The van der Waals surface area contributed by atoms with Gasteiger partial charge in [-0.25, -0.2) is 0 Å². The van der Waals surface area contributed by atoms with Gasteiger partial charge in [-0.3, -0.25) is 9.78 Å². The predicted octanol–water partition coefficient (Wildman–Crippen LogP) is 9.36. The molecular weight excluding hydrogens is 506 g/mol. The smallest absolute Gasteiger partial charge is 0.303 e. The number of carbonyl (C=O) groups is 1. The predicted molar refractivity (Wildman–Crippen MR) is 168 cm³/mol. The molecule has 0 amide bonds. The Morgan fingerprint density at radius 2 is 1.24 bits per heavy atom. The topological polar surface area (TPSA) is 58.4 Å². The average Bonchev–Trinajstić information content (AvgIpc) is 3.32. The Morgan fingerprint density at radius 1 is 0.634 bits per heavy atom. The fourth-order valence-corrected chi connectivity index (χ4v) is 5.69. The summed E-state index contributed by atoms with van der Waals surface area (Å²) in [7, 11) is 0. The number of fused-ring (bicyclic) bond motifs is 3. The van der Waals surface area contributed by atoms with Crippen molar-refractivity contribution < 1.29 is 9.90 Å². The van der Waals surface area contributed by atoms with Crippen LogP contribution in [0.1, 0.15) is 32.1 Å². The first-order valence-electron chi connectivity index (χ1n) is 14.3.